The number of anilines is 1. The summed E-state index contributed by atoms with van der Waals surface area (Å²) in [7, 11) is 1.94. The topological polar surface area (TPSA) is 50.4 Å². The SMILES string of the molecule is CNCC1Cc2cc(C)c3c(c2O1)CCC(=O)N3. The first-order valence-corrected chi connectivity index (χ1v) is 6.45. The van der Waals surface area contributed by atoms with Crippen LogP contribution in [0.25, 0.3) is 0 Å². The first-order valence-electron chi connectivity index (χ1n) is 6.45. The number of carbonyl (C=O) groups excluding carboxylic acids is 1. The molecule has 3 rings (SSSR count). The third-order valence-electron chi connectivity index (χ3n) is 3.68. The normalized spacial score (nSPS) is 21.0. The van der Waals surface area contributed by atoms with Gasteiger partial charge in [0.15, 0.2) is 0 Å². The maximum Gasteiger partial charge on any atom is 0.224 e. The summed E-state index contributed by atoms with van der Waals surface area (Å²) in [5, 5.41) is 6.12. The van der Waals surface area contributed by atoms with Gasteiger partial charge in [-0.3, -0.25) is 4.79 Å². The van der Waals surface area contributed by atoms with E-state index >= 15 is 0 Å². The molecule has 4 heteroatoms. The second-order valence-corrected chi connectivity index (χ2v) is 5.09. The van der Waals surface area contributed by atoms with E-state index in [4.69, 9.17) is 4.74 Å². The van der Waals surface area contributed by atoms with Crippen LogP contribution < -0.4 is 15.4 Å². The summed E-state index contributed by atoms with van der Waals surface area (Å²) < 4.78 is 6.02. The standard InChI is InChI=1S/C14H18N2O2/c1-8-5-9-6-10(7-15-2)18-14(9)11-3-4-12(17)16-13(8)11/h5,10,15H,3-4,6-7H2,1-2H3,(H,16,17). The summed E-state index contributed by atoms with van der Waals surface area (Å²) in [6.45, 7) is 2.91. The van der Waals surface area contributed by atoms with Crippen molar-refractivity contribution in [2.45, 2.75) is 32.3 Å². The lowest BCUT2D eigenvalue weighted by molar-refractivity contribution is -0.116. The van der Waals surface area contributed by atoms with Crippen molar-refractivity contribution in [3.63, 3.8) is 0 Å². The first-order chi connectivity index (χ1) is 8.69. The Morgan fingerprint density at radius 2 is 2.33 bits per heavy atom. The van der Waals surface area contributed by atoms with E-state index in [1.807, 2.05) is 7.05 Å². The zero-order valence-corrected chi connectivity index (χ0v) is 10.8. The highest BCUT2D eigenvalue weighted by atomic mass is 16.5. The number of ether oxygens (including phenoxy) is 1. The molecule has 1 aromatic carbocycles. The highest BCUT2D eigenvalue weighted by Crippen LogP contribution is 2.41. The minimum absolute atomic E-state index is 0.107. The van der Waals surface area contributed by atoms with Gasteiger partial charge in [0.2, 0.25) is 5.91 Å². The van der Waals surface area contributed by atoms with Gasteiger partial charge in [0.25, 0.3) is 0 Å². The van der Waals surface area contributed by atoms with Crippen LogP contribution in [0.1, 0.15) is 23.1 Å². The largest absolute Gasteiger partial charge is 0.488 e. The molecule has 18 heavy (non-hydrogen) atoms. The number of hydrogen-bond acceptors (Lipinski definition) is 3. The average molecular weight is 246 g/mol. The van der Waals surface area contributed by atoms with Crippen LogP contribution in [-0.2, 0) is 17.6 Å². The number of hydrogen-bond donors (Lipinski definition) is 2. The van der Waals surface area contributed by atoms with E-state index in [0.717, 1.165) is 36.4 Å². The van der Waals surface area contributed by atoms with Gasteiger partial charge >= 0.3 is 0 Å². The summed E-state index contributed by atoms with van der Waals surface area (Å²) in [5.74, 6) is 1.12. The van der Waals surface area contributed by atoms with Gasteiger partial charge in [-0.15, -0.1) is 0 Å². The Hall–Kier alpha value is -1.55. The Bertz CT molecular complexity index is 511. The summed E-state index contributed by atoms with van der Waals surface area (Å²) >= 11 is 0. The van der Waals surface area contributed by atoms with E-state index in [1.54, 1.807) is 0 Å². The summed E-state index contributed by atoms with van der Waals surface area (Å²) in [6, 6.07) is 2.15. The number of rotatable bonds is 2. The Morgan fingerprint density at radius 1 is 1.50 bits per heavy atom. The van der Waals surface area contributed by atoms with Gasteiger partial charge in [-0.25, -0.2) is 0 Å². The first kappa shape index (κ1) is 11.5. The quantitative estimate of drug-likeness (QED) is 0.829. The van der Waals surface area contributed by atoms with Crippen molar-refractivity contribution >= 4 is 11.6 Å². The highest BCUT2D eigenvalue weighted by Gasteiger charge is 2.30. The molecule has 2 heterocycles. The van der Waals surface area contributed by atoms with Crippen LogP contribution in [0.3, 0.4) is 0 Å². The molecule has 1 atom stereocenters. The Labute approximate surface area is 107 Å². The van der Waals surface area contributed by atoms with Crippen LogP contribution >= 0.6 is 0 Å². The molecule has 0 aliphatic carbocycles. The summed E-state index contributed by atoms with van der Waals surface area (Å²) in [6.07, 6.45) is 2.52. The van der Waals surface area contributed by atoms with Crippen molar-refractivity contribution in [2.24, 2.45) is 0 Å². The van der Waals surface area contributed by atoms with Gasteiger partial charge in [-0.05, 0) is 31.5 Å². The third kappa shape index (κ3) is 1.77. The number of carbonyl (C=O) groups is 1. The lowest BCUT2D eigenvalue weighted by Crippen LogP contribution is -2.27. The van der Waals surface area contributed by atoms with E-state index in [2.05, 4.69) is 23.6 Å². The number of fused-ring (bicyclic) bond motifs is 3. The molecule has 1 amide bonds. The van der Waals surface area contributed by atoms with E-state index in [9.17, 15) is 4.79 Å². The van der Waals surface area contributed by atoms with Crippen LogP contribution in [0.4, 0.5) is 5.69 Å². The van der Waals surface area contributed by atoms with Crippen molar-refractivity contribution in [1.82, 2.24) is 5.32 Å². The zero-order valence-electron chi connectivity index (χ0n) is 10.8. The maximum atomic E-state index is 11.5. The molecule has 2 aliphatic rings. The Kier molecular flexibility index (Phi) is 2.74. The lowest BCUT2D eigenvalue weighted by Gasteiger charge is -2.21. The highest BCUT2D eigenvalue weighted by molar-refractivity contribution is 5.95. The van der Waals surface area contributed by atoms with E-state index in [1.165, 1.54) is 11.1 Å². The lowest BCUT2D eigenvalue weighted by atomic mass is 9.94. The Balaban J connectivity index is 2.00. The molecule has 0 saturated heterocycles. The van der Waals surface area contributed by atoms with Crippen LogP contribution in [-0.4, -0.2) is 25.6 Å². The van der Waals surface area contributed by atoms with Crippen LogP contribution in [0.2, 0.25) is 0 Å². The van der Waals surface area contributed by atoms with Crippen molar-refractivity contribution < 1.29 is 9.53 Å². The van der Waals surface area contributed by atoms with Crippen LogP contribution in [0.5, 0.6) is 5.75 Å². The fourth-order valence-corrected chi connectivity index (χ4v) is 2.89. The molecule has 96 valence electrons. The number of benzene rings is 1. The second kappa shape index (κ2) is 4.28. The van der Waals surface area contributed by atoms with E-state index in [-0.39, 0.29) is 12.0 Å². The number of amides is 1. The minimum atomic E-state index is 0.107. The van der Waals surface area contributed by atoms with Gasteiger partial charge in [0.05, 0.1) is 5.69 Å². The van der Waals surface area contributed by atoms with Crippen LogP contribution in [0, 0.1) is 6.92 Å². The predicted octanol–water partition coefficient (Wildman–Crippen LogP) is 1.40. The van der Waals surface area contributed by atoms with Gasteiger partial charge in [0, 0.05) is 24.9 Å². The Morgan fingerprint density at radius 3 is 3.11 bits per heavy atom. The molecule has 0 spiro atoms. The molecule has 0 saturated carbocycles. The van der Waals surface area contributed by atoms with Gasteiger partial charge < -0.3 is 15.4 Å². The molecule has 0 radical (unpaired) electrons. The minimum Gasteiger partial charge on any atom is -0.488 e. The number of nitrogens with one attached hydrogen (secondary N) is 2. The van der Waals surface area contributed by atoms with Crippen LogP contribution in [0.15, 0.2) is 6.07 Å². The third-order valence-corrected chi connectivity index (χ3v) is 3.68. The van der Waals surface area contributed by atoms with Gasteiger partial charge in [-0.1, -0.05) is 6.07 Å². The van der Waals surface area contributed by atoms with Crippen molar-refractivity contribution in [1.29, 1.82) is 0 Å². The molecule has 1 unspecified atom stereocenters. The fourth-order valence-electron chi connectivity index (χ4n) is 2.89. The molecule has 4 nitrogen and oxygen atoms in total. The van der Waals surface area contributed by atoms with Crippen molar-refractivity contribution in [3.05, 3.63) is 22.8 Å². The second-order valence-electron chi connectivity index (χ2n) is 5.09. The molecular weight excluding hydrogens is 228 g/mol. The fraction of sp³-hybridized carbons (Fsp3) is 0.500. The molecule has 0 fully saturated rings. The molecule has 2 N–H and O–H groups in total. The van der Waals surface area contributed by atoms with E-state index in [0.29, 0.717) is 6.42 Å². The molecule has 2 aliphatic heterocycles. The van der Waals surface area contributed by atoms with Crippen molar-refractivity contribution in [3.8, 4) is 5.75 Å². The molecule has 0 bridgehead atoms. The summed E-state index contributed by atoms with van der Waals surface area (Å²) in [4.78, 5) is 11.5. The van der Waals surface area contributed by atoms with Gasteiger partial charge in [0.1, 0.15) is 11.9 Å². The number of likely N-dealkylation sites (N-methyl/N-ethyl adjacent to an activating group) is 1. The van der Waals surface area contributed by atoms with E-state index < -0.39 is 0 Å². The predicted molar refractivity (Wildman–Crippen MR) is 70.2 cm³/mol. The molecule has 0 aromatic heterocycles. The maximum absolute atomic E-state index is 11.5. The van der Waals surface area contributed by atoms with Crippen molar-refractivity contribution in [2.75, 3.05) is 18.9 Å². The number of aryl methyl sites for hydroxylation is 1. The van der Waals surface area contributed by atoms with Gasteiger partial charge in [-0.2, -0.15) is 0 Å². The zero-order chi connectivity index (χ0) is 12.7. The average Bonchev–Trinajstić information content (AvgIpc) is 2.72. The summed E-state index contributed by atoms with van der Waals surface area (Å²) in [5.41, 5.74) is 4.58. The molecule has 1 aromatic rings. The monoisotopic (exact) mass is 246 g/mol. The molecular formula is C14H18N2O2. The smallest absolute Gasteiger partial charge is 0.224 e.